The van der Waals surface area contributed by atoms with Crippen LogP contribution >= 0.6 is 0 Å². The first-order valence-electron chi connectivity index (χ1n) is 4.19. The molecular formula is C7H14N3NaO2. The van der Waals surface area contributed by atoms with Crippen LogP contribution in [0.25, 0.3) is 0 Å². The summed E-state index contributed by atoms with van der Waals surface area (Å²) < 4.78 is 0. The molecule has 1 heterocycles. The maximum Gasteiger partial charge on any atom is 1.00 e. The third-order valence-electron chi connectivity index (χ3n) is 2.16. The smallest absolute Gasteiger partial charge is 0.737 e. The van der Waals surface area contributed by atoms with Gasteiger partial charge < -0.3 is 10.4 Å². The third-order valence-corrected chi connectivity index (χ3v) is 2.16. The first-order valence-corrected chi connectivity index (χ1v) is 4.19. The molecule has 2 unspecified atom stereocenters. The van der Waals surface area contributed by atoms with E-state index in [1.807, 2.05) is 0 Å². The zero-order chi connectivity index (χ0) is 9.14. The van der Waals surface area contributed by atoms with Crippen LogP contribution in [0.2, 0.25) is 0 Å². The van der Waals surface area contributed by atoms with E-state index in [9.17, 15) is 10.4 Å². The van der Waals surface area contributed by atoms with E-state index in [1.54, 1.807) is 0 Å². The minimum absolute atomic E-state index is 0. The molecule has 13 heavy (non-hydrogen) atoms. The van der Waals surface area contributed by atoms with Crippen LogP contribution in [0.15, 0.2) is 5.28 Å². The van der Waals surface area contributed by atoms with Crippen LogP contribution in [-0.2, 0) is 0 Å². The van der Waals surface area contributed by atoms with Gasteiger partial charge in [-0.1, -0.05) is 13.8 Å². The zero-order valence-electron chi connectivity index (χ0n) is 8.43. The average molecular weight is 195 g/mol. The first-order chi connectivity index (χ1) is 5.63. The van der Waals surface area contributed by atoms with Crippen molar-refractivity contribution in [3.05, 3.63) is 10.4 Å². The van der Waals surface area contributed by atoms with Crippen molar-refractivity contribution in [2.24, 2.45) is 17.1 Å². The predicted molar refractivity (Wildman–Crippen MR) is 43.9 cm³/mol. The largest absolute Gasteiger partial charge is 1.00 e. The van der Waals surface area contributed by atoms with Gasteiger partial charge in [0.1, 0.15) is 0 Å². The molecule has 0 spiro atoms. The Balaban J connectivity index is 0.00000144. The normalized spacial score (nSPS) is 29.7. The van der Waals surface area contributed by atoms with Gasteiger partial charge in [-0.25, -0.2) is 0 Å². The maximum absolute atomic E-state index is 10.8. The van der Waals surface area contributed by atoms with Crippen molar-refractivity contribution in [2.45, 2.75) is 20.3 Å². The minimum Gasteiger partial charge on any atom is -0.737 e. The van der Waals surface area contributed by atoms with Crippen molar-refractivity contribution in [1.82, 2.24) is 5.01 Å². The number of nitrogens with zero attached hydrogens (tertiary/aromatic N) is 3. The Bertz CT molecular complexity index is 179. The van der Waals surface area contributed by atoms with E-state index in [4.69, 9.17) is 0 Å². The van der Waals surface area contributed by atoms with Crippen LogP contribution in [0.4, 0.5) is 0 Å². The standard InChI is InChI=1S/C7H15N3O2.Na/c1-6-3-7(2)5-9(4-6)10(12)8-11;/h6-7,11H,3-5H2,1-2H3;/q;+1/p-1/b10-8-;. The molecule has 0 aliphatic carbocycles. The van der Waals surface area contributed by atoms with Crippen molar-refractivity contribution in [3.8, 4) is 0 Å². The third kappa shape index (κ3) is 3.70. The quantitative estimate of drug-likeness (QED) is 0.218. The summed E-state index contributed by atoms with van der Waals surface area (Å²) in [6.45, 7) is 5.42. The first kappa shape index (κ1) is 13.0. The van der Waals surface area contributed by atoms with Gasteiger partial charge in [-0.2, -0.15) is 0 Å². The van der Waals surface area contributed by atoms with Gasteiger partial charge in [0.05, 0.1) is 13.1 Å². The molecule has 5 nitrogen and oxygen atoms in total. The van der Waals surface area contributed by atoms with Gasteiger partial charge in [0, 0.05) is 4.97 Å². The van der Waals surface area contributed by atoms with Crippen LogP contribution < -0.4 is 29.6 Å². The fraction of sp³-hybridized carbons (Fsp3) is 1.00. The Labute approximate surface area is 100 Å². The second kappa shape index (κ2) is 5.67. The number of rotatable bonds is 1. The van der Waals surface area contributed by atoms with Crippen LogP contribution in [0, 0.1) is 22.3 Å². The fourth-order valence-corrected chi connectivity index (χ4v) is 1.82. The van der Waals surface area contributed by atoms with E-state index < -0.39 is 0 Å². The summed E-state index contributed by atoms with van der Waals surface area (Å²) in [6, 6.07) is 0. The molecular weight excluding hydrogens is 181 g/mol. The van der Waals surface area contributed by atoms with Crippen LogP contribution in [0.1, 0.15) is 20.3 Å². The van der Waals surface area contributed by atoms with Gasteiger partial charge in [0.2, 0.25) is 0 Å². The molecule has 0 N–H and O–H groups in total. The average Bonchev–Trinajstić information content (AvgIpc) is 2.01. The Morgan fingerprint density at radius 3 is 2.15 bits per heavy atom. The van der Waals surface area contributed by atoms with E-state index in [-0.39, 0.29) is 34.5 Å². The Morgan fingerprint density at radius 2 is 1.77 bits per heavy atom. The summed E-state index contributed by atoms with van der Waals surface area (Å²) in [5, 5.41) is 24.5. The predicted octanol–water partition coefficient (Wildman–Crippen LogP) is -1.66. The van der Waals surface area contributed by atoms with Gasteiger partial charge in [-0.05, 0) is 23.5 Å². The van der Waals surface area contributed by atoms with E-state index in [0.717, 1.165) is 6.42 Å². The van der Waals surface area contributed by atoms with Crippen LogP contribution in [0.3, 0.4) is 0 Å². The molecule has 0 aromatic carbocycles. The monoisotopic (exact) mass is 195 g/mol. The number of hydrogen-bond acceptors (Lipinski definition) is 3. The number of hydrogen-bond donors (Lipinski definition) is 0. The molecule has 1 fully saturated rings. The van der Waals surface area contributed by atoms with E-state index in [2.05, 4.69) is 19.1 Å². The molecule has 2 atom stereocenters. The summed E-state index contributed by atoms with van der Waals surface area (Å²) in [4.78, 5) is 0.159. The second-order valence-corrected chi connectivity index (χ2v) is 3.65. The van der Waals surface area contributed by atoms with Crippen LogP contribution in [-0.4, -0.2) is 23.1 Å². The summed E-state index contributed by atoms with van der Waals surface area (Å²) in [6.07, 6.45) is 1.11. The second-order valence-electron chi connectivity index (χ2n) is 3.65. The maximum atomic E-state index is 10.8. The van der Waals surface area contributed by atoms with Gasteiger partial charge in [0.25, 0.3) is 0 Å². The van der Waals surface area contributed by atoms with Gasteiger partial charge in [0.15, 0.2) is 0 Å². The Kier molecular flexibility index (Phi) is 5.67. The molecule has 6 heteroatoms. The summed E-state index contributed by atoms with van der Waals surface area (Å²) in [5.41, 5.74) is 0. The van der Waals surface area contributed by atoms with Crippen molar-refractivity contribution in [3.63, 3.8) is 0 Å². The molecule has 1 aliphatic rings. The number of hydrazine groups is 1. The van der Waals surface area contributed by atoms with Crippen molar-refractivity contribution in [2.75, 3.05) is 13.1 Å². The zero-order valence-corrected chi connectivity index (χ0v) is 10.4. The van der Waals surface area contributed by atoms with Gasteiger partial charge >= 0.3 is 29.6 Å². The summed E-state index contributed by atoms with van der Waals surface area (Å²) in [5.74, 6) is 0.930. The SMILES string of the molecule is CC1CC(C)CN(/[N+]([O-])=N/[O-])C1.[Na+]. The molecule has 1 rings (SSSR count). The van der Waals surface area contributed by atoms with Crippen molar-refractivity contribution >= 4 is 0 Å². The molecule has 0 aromatic heterocycles. The van der Waals surface area contributed by atoms with E-state index >= 15 is 0 Å². The van der Waals surface area contributed by atoms with Gasteiger partial charge in [-0.15, -0.1) is 5.01 Å². The molecule has 70 valence electrons. The number of piperidine rings is 1. The van der Waals surface area contributed by atoms with E-state index in [1.165, 1.54) is 5.01 Å². The Morgan fingerprint density at radius 1 is 1.31 bits per heavy atom. The molecule has 1 aliphatic heterocycles. The topological polar surface area (TPSA) is 64.7 Å². The molecule has 1 saturated heterocycles. The molecule has 0 amide bonds. The minimum atomic E-state index is 0. The molecule has 0 aromatic rings. The van der Waals surface area contributed by atoms with Crippen molar-refractivity contribution < 1.29 is 34.5 Å². The van der Waals surface area contributed by atoms with Crippen LogP contribution in [0.5, 0.6) is 0 Å². The van der Waals surface area contributed by atoms with Gasteiger partial charge in [-0.3, -0.25) is 0 Å². The van der Waals surface area contributed by atoms with E-state index in [0.29, 0.717) is 24.9 Å². The molecule has 0 saturated carbocycles. The fourth-order valence-electron chi connectivity index (χ4n) is 1.82. The summed E-state index contributed by atoms with van der Waals surface area (Å²) >= 11 is 0. The molecule has 0 bridgehead atoms. The summed E-state index contributed by atoms with van der Waals surface area (Å²) in [7, 11) is 0. The van der Waals surface area contributed by atoms with Crippen molar-refractivity contribution in [1.29, 1.82) is 0 Å². The molecule has 0 radical (unpaired) electrons. The Hall–Kier alpha value is 0.